The third-order valence-electron chi connectivity index (χ3n) is 4.91. The lowest BCUT2D eigenvalue weighted by molar-refractivity contribution is -0.142. The average Bonchev–Trinajstić information content (AvgIpc) is 2.92. The van der Waals surface area contributed by atoms with Crippen molar-refractivity contribution in [1.29, 1.82) is 0 Å². The van der Waals surface area contributed by atoms with Crippen molar-refractivity contribution in [3.05, 3.63) is 23.8 Å². The zero-order valence-electron chi connectivity index (χ0n) is 12.9. The highest BCUT2D eigenvalue weighted by Crippen LogP contribution is 2.30. The van der Waals surface area contributed by atoms with Gasteiger partial charge in [-0.15, -0.1) is 0 Å². The van der Waals surface area contributed by atoms with Crippen LogP contribution in [0.15, 0.2) is 12.4 Å². The van der Waals surface area contributed by atoms with Gasteiger partial charge in [0.2, 0.25) is 0 Å². The van der Waals surface area contributed by atoms with Crippen molar-refractivity contribution in [1.82, 2.24) is 14.9 Å². The largest absolute Gasteiger partial charge is 0.480 e. The number of hydrogen-bond acceptors (Lipinski definition) is 5. The monoisotopic (exact) mass is 304 g/mol. The maximum atomic E-state index is 11.2. The highest BCUT2D eigenvalue weighted by Gasteiger charge is 2.41. The summed E-state index contributed by atoms with van der Waals surface area (Å²) in [6.45, 7) is 1.75. The highest BCUT2D eigenvalue weighted by atomic mass is 16.4. The summed E-state index contributed by atoms with van der Waals surface area (Å²) in [5, 5.41) is 9.16. The van der Waals surface area contributed by atoms with Crippen LogP contribution in [0, 0.1) is 0 Å². The molecule has 1 aromatic rings. The van der Waals surface area contributed by atoms with Crippen LogP contribution in [0.4, 0.5) is 0 Å². The van der Waals surface area contributed by atoms with Crippen molar-refractivity contribution < 1.29 is 9.90 Å². The fourth-order valence-electron chi connectivity index (χ4n) is 3.50. The molecule has 22 heavy (non-hydrogen) atoms. The van der Waals surface area contributed by atoms with Crippen LogP contribution < -0.4 is 5.73 Å². The maximum absolute atomic E-state index is 11.2. The van der Waals surface area contributed by atoms with Gasteiger partial charge in [0.15, 0.2) is 0 Å². The topological polar surface area (TPSA) is 92.3 Å². The molecule has 6 nitrogen and oxygen atoms in total. The molecule has 2 fully saturated rings. The molecule has 6 heteroatoms. The number of nitrogens with two attached hydrogens (primary N) is 1. The predicted molar refractivity (Wildman–Crippen MR) is 82.3 cm³/mol. The molecule has 0 radical (unpaired) electrons. The van der Waals surface area contributed by atoms with Crippen molar-refractivity contribution >= 4 is 5.97 Å². The van der Waals surface area contributed by atoms with Crippen molar-refractivity contribution in [3.63, 3.8) is 0 Å². The number of carbonyl (C=O) groups is 1. The van der Waals surface area contributed by atoms with E-state index >= 15 is 0 Å². The molecular weight excluding hydrogens is 280 g/mol. The molecule has 0 bridgehead atoms. The van der Waals surface area contributed by atoms with E-state index in [1.165, 1.54) is 32.1 Å². The van der Waals surface area contributed by atoms with Gasteiger partial charge in [-0.05, 0) is 19.3 Å². The van der Waals surface area contributed by atoms with Crippen LogP contribution in [-0.2, 0) is 11.3 Å². The summed E-state index contributed by atoms with van der Waals surface area (Å²) in [5.41, 5.74) is 5.81. The van der Waals surface area contributed by atoms with E-state index in [1.807, 2.05) is 12.4 Å². The Bertz CT molecular complexity index is 527. The fourth-order valence-corrected chi connectivity index (χ4v) is 3.50. The number of aliphatic carboxylic acids is 1. The number of carboxylic acid groups (broad SMARTS) is 1. The molecule has 120 valence electrons. The predicted octanol–water partition coefficient (Wildman–Crippen LogP) is 1.51. The van der Waals surface area contributed by atoms with Crippen molar-refractivity contribution in [2.24, 2.45) is 5.73 Å². The van der Waals surface area contributed by atoms with E-state index in [2.05, 4.69) is 14.9 Å². The lowest BCUT2D eigenvalue weighted by atomic mass is 9.89. The summed E-state index contributed by atoms with van der Waals surface area (Å²) < 4.78 is 0. The zero-order chi connectivity index (χ0) is 15.6. The number of nitrogens with zero attached hydrogens (tertiary/aromatic N) is 3. The molecule has 0 amide bonds. The maximum Gasteiger partial charge on any atom is 0.325 e. The first kappa shape index (κ1) is 15.4. The molecule has 3 rings (SSSR count). The molecule has 1 aliphatic carbocycles. The molecule has 1 aliphatic heterocycles. The zero-order valence-corrected chi connectivity index (χ0v) is 12.9. The Morgan fingerprint density at radius 1 is 1.32 bits per heavy atom. The van der Waals surface area contributed by atoms with Crippen LogP contribution in [-0.4, -0.2) is 44.6 Å². The first-order chi connectivity index (χ1) is 10.6. The van der Waals surface area contributed by atoms with Gasteiger partial charge >= 0.3 is 5.97 Å². The van der Waals surface area contributed by atoms with E-state index in [-0.39, 0.29) is 0 Å². The van der Waals surface area contributed by atoms with Crippen LogP contribution >= 0.6 is 0 Å². The minimum atomic E-state index is -1.11. The number of aromatic nitrogens is 2. The summed E-state index contributed by atoms with van der Waals surface area (Å²) >= 11 is 0. The van der Waals surface area contributed by atoms with E-state index in [4.69, 9.17) is 10.8 Å². The molecule has 0 aromatic carbocycles. The first-order valence-electron chi connectivity index (χ1n) is 8.12. The lowest BCUT2D eigenvalue weighted by Gasteiger charge is -2.21. The molecular formula is C16H24N4O2. The highest BCUT2D eigenvalue weighted by molar-refractivity contribution is 5.79. The third-order valence-corrected chi connectivity index (χ3v) is 4.91. The Hall–Kier alpha value is -1.53. The van der Waals surface area contributed by atoms with Gasteiger partial charge in [-0.2, -0.15) is 0 Å². The summed E-state index contributed by atoms with van der Waals surface area (Å²) in [5.74, 6) is 0.556. The van der Waals surface area contributed by atoms with Gasteiger partial charge < -0.3 is 10.8 Å². The lowest BCUT2D eigenvalue weighted by Crippen LogP contribution is -2.50. The Balaban J connectivity index is 1.59. The summed E-state index contributed by atoms with van der Waals surface area (Å²) in [7, 11) is 0. The molecule has 1 saturated heterocycles. The number of rotatable bonds is 4. The van der Waals surface area contributed by atoms with Crippen molar-refractivity contribution in [2.75, 3.05) is 13.1 Å². The Kier molecular flexibility index (Phi) is 4.40. The Morgan fingerprint density at radius 2 is 2.00 bits per heavy atom. The second kappa shape index (κ2) is 6.30. The van der Waals surface area contributed by atoms with E-state index < -0.39 is 11.5 Å². The molecule has 0 spiro atoms. The number of hydrogen-bond donors (Lipinski definition) is 2. The minimum absolute atomic E-state index is 0.382. The van der Waals surface area contributed by atoms with Gasteiger partial charge in [-0.25, -0.2) is 9.97 Å². The summed E-state index contributed by atoms with van der Waals surface area (Å²) in [6, 6.07) is 0. The molecule has 2 heterocycles. The smallest absolute Gasteiger partial charge is 0.325 e. The van der Waals surface area contributed by atoms with Crippen molar-refractivity contribution in [3.8, 4) is 0 Å². The normalized spacial score (nSPS) is 27.1. The van der Waals surface area contributed by atoms with Crippen LogP contribution in [0.2, 0.25) is 0 Å². The van der Waals surface area contributed by atoms with Gasteiger partial charge in [-0.3, -0.25) is 9.69 Å². The van der Waals surface area contributed by atoms with E-state index in [9.17, 15) is 4.79 Å². The van der Waals surface area contributed by atoms with Crippen LogP contribution in [0.3, 0.4) is 0 Å². The quantitative estimate of drug-likeness (QED) is 0.876. The van der Waals surface area contributed by atoms with E-state index in [0.29, 0.717) is 32.0 Å². The van der Waals surface area contributed by atoms with Gasteiger partial charge in [0, 0.05) is 43.5 Å². The number of carboxylic acids is 1. The third kappa shape index (κ3) is 3.28. The first-order valence-corrected chi connectivity index (χ1v) is 8.12. The van der Waals surface area contributed by atoms with Crippen LogP contribution in [0.5, 0.6) is 0 Å². The van der Waals surface area contributed by atoms with Gasteiger partial charge in [0.05, 0.1) is 0 Å². The Morgan fingerprint density at radius 3 is 2.59 bits per heavy atom. The fraction of sp³-hybridized carbons (Fsp3) is 0.688. The van der Waals surface area contributed by atoms with Gasteiger partial charge in [-0.1, -0.05) is 19.3 Å². The van der Waals surface area contributed by atoms with E-state index in [0.717, 1.165) is 11.4 Å². The van der Waals surface area contributed by atoms with Crippen LogP contribution in [0.25, 0.3) is 0 Å². The molecule has 3 N–H and O–H groups in total. The van der Waals surface area contributed by atoms with Crippen molar-refractivity contribution in [2.45, 2.75) is 56.5 Å². The summed E-state index contributed by atoms with van der Waals surface area (Å²) in [4.78, 5) is 22.3. The Labute approximate surface area is 130 Å². The molecule has 2 aliphatic rings. The SMILES string of the molecule is N[C@]1(C(=O)O)CCN(Cc2cnc(C3CCCCC3)nc2)C1. The standard InChI is InChI=1S/C16H24N4O2/c17-16(15(21)22)6-7-20(11-16)10-12-8-18-14(19-9-12)13-4-2-1-3-5-13/h8-9,13H,1-7,10-11,17H2,(H,21,22)/t16-/m1/s1. The van der Waals surface area contributed by atoms with Gasteiger partial charge in [0.1, 0.15) is 11.4 Å². The number of likely N-dealkylation sites (tertiary alicyclic amines) is 1. The second-order valence-electron chi connectivity index (χ2n) is 6.71. The minimum Gasteiger partial charge on any atom is -0.480 e. The molecule has 0 unspecified atom stereocenters. The average molecular weight is 304 g/mol. The second-order valence-corrected chi connectivity index (χ2v) is 6.71. The van der Waals surface area contributed by atoms with Crippen LogP contribution in [0.1, 0.15) is 55.8 Å². The molecule has 1 atom stereocenters. The molecule has 1 saturated carbocycles. The van der Waals surface area contributed by atoms with E-state index in [1.54, 1.807) is 0 Å². The molecule has 1 aromatic heterocycles. The van der Waals surface area contributed by atoms with Gasteiger partial charge in [0.25, 0.3) is 0 Å². The summed E-state index contributed by atoms with van der Waals surface area (Å²) in [6.07, 6.45) is 10.5.